The molecule has 0 bridgehead atoms. The Hall–Kier alpha value is -1.97. The molecule has 0 saturated carbocycles. The van der Waals surface area contributed by atoms with Crippen LogP contribution in [-0.2, 0) is 10.1 Å². The van der Waals surface area contributed by atoms with Crippen molar-refractivity contribution in [1.82, 2.24) is 5.01 Å². The molecule has 0 spiro atoms. The first-order valence-corrected chi connectivity index (χ1v) is 10.6. The van der Waals surface area contributed by atoms with Gasteiger partial charge in [0.15, 0.2) is 5.60 Å². The molecule has 0 saturated heterocycles. The minimum absolute atomic E-state index is 0.0666. The fourth-order valence-corrected chi connectivity index (χ4v) is 3.64. The van der Waals surface area contributed by atoms with Gasteiger partial charge in [-0.1, -0.05) is 40.9 Å². The first kappa shape index (κ1) is 23.3. The molecule has 156 valence electrons. The first-order chi connectivity index (χ1) is 13.3. The minimum atomic E-state index is -4.02. The molecular formula is C19H20Cl2N2O5S. The number of aliphatic hydroxyl groups is 1. The predicted molar refractivity (Wildman–Crippen MR) is 112 cm³/mol. The standard InChI is InChI=1S/C12H12Cl2N2O2.C7H8O3S/c1-7-12(18,6-16(2)15-7)11(17)9-4-3-8(13)5-10(9)14;1-6-2-4-7(5-3-6)11(8,9)10/h3-5,18H,6H2,1-2H3;2-5H,1H3,(H,8,9,10). The van der Waals surface area contributed by atoms with E-state index in [9.17, 15) is 18.3 Å². The molecule has 3 rings (SSSR count). The Labute approximate surface area is 179 Å². The van der Waals surface area contributed by atoms with Gasteiger partial charge >= 0.3 is 0 Å². The summed E-state index contributed by atoms with van der Waals surface area (Å²) in [5.41, 5.74) is -0.0569. The summed E-state index contributed by atoms with van der Waals surface area (Å²) in [6, 6.07) is 10.5. The lowest BCUT2D eigenvalue weighted by molar-refractivity contribution is 0.0555. The molecule has 7 nitrogen and oxygen atoms in total. The number of β-amino-alcohol motifs (C(OH)–C–C–N with tert-alkyl or cyclic N) is 1. The highest BCUT2D eigenvalue weighted by atomic mass is 35.5. The summed E-state index contributed by atoms with van der Waals surface area (Å²) >= 11 is 11.8. The van der Waals surface area contributed by atoms with Gasteiger partial charge in [0.25, 0.3) is 10.1 Å². The molecule has 0 fully saturated rings. The Bertz CT molecular complexity index is 1050. The van der Waals surface area contributed by atoms with Crippen LogP contribution in [0.3, 0.4) is 0 Å². The normalized spacial score (nSPS) is 18.7. The quantitative estimate of drug-likeness (QED) is 0.538. The molecule has 0 aromatic heterocycles. The van der Waals surface area contributed by atoms with Gasteiger partial charge in [0.1, 0.15) is 0 Å². The average Bonchev–Trinajstić information content (AvgIpc) is 2.87. The number of benzene rings is 2. The van der Waals surface area contributed by atoms with Crippen LogP contribution in [0, 0.1) is 6.92 Å². The van der Waals surface area contributed by atoms with E-state index in [0.29, 0.717) is 10.7 Å². The summed E-state index contributed by atoms with van der Waals surface area (Å²) in [6.07, 6.45) is 0. The zero-order valence-corrected chi connectivity index (χ0v) is 18.3. The topological polar surface area (TPSA) is 107 Å². The van der Waals surface area contributed by atoms with Gasteiger partial charge in [0, 0.05) is 17.6 Å². The van der Waals surface area contributed by atoms with Crippen molar-refractivity contribution in [2.24, 2.45) is 5.10 Å². The third kappa shape index (κ3) is 5.55. The molecule has 0 amide bonds. The maximum atomic E-state index is 12.4. The second kappa shape index (κ2) is 8.81. The van der Waals surface area contributed by atoms with Crippen molar-refractivity contribution >= 4 is 44.8 Å². The Kier molecular flexibility index (Phi) is 7.08. The lowest BCUT2D eigenvalue weighted by Gasteiger charge is -2.22. The summed E-state index contributed by atoms with van der Waals surface area (Å²) < 4.78 is 29.6. The number of hydrogen-bond donors (Lipinski definition) is 2. The Morgan fingerprint density at radius 3 is 2.17 bits per heavy atom. The highest BCUT2D eigenvalue weighted by Crippen LogP contribution is 2.28. The number of Topliss-reactive ketones (excluding diaryl/α,β-unsaturated/α-hetero) is 1. The van der Waals surface area contributed by atoms with Crippen molar-refractivity contribution in [1.29, 1.82) is 0 Å². The molecule has 2 aromatic rings. The van der Waals surface area contributed by atoms with Crippen LogP contribution in [0.25, 0.3) is 0 Å². The van der Waals surface area contributed by atoms with Crippen LogP contribution in [-0.4, -0.2) is 53.8 Å². The van der Waals surface area contributed by atoms with E-state index in [1.54, 1.807) is 32.2 Å². The lowest BCUT2D eigenvalue weighted by Crippen LogP contribution is -2.47. The van der Waals surface area contributed by atoms with Crippen molar-refractivity contribution in [2.45, 2.75) is 24.3 Å². The number of hydrazone groups is 1. The smallest absolute Gasteiger partial charge is 0.294 e. The number of halogens is 2. The number of carbonyl (C=O) groups is 1. The van der Waals surface area contributed by atoms with E-state index < -0.39 is 21.5 Å². The van der Waals surface area contributed by atoms with Crippen LogP contribution in [0.1, 0.15) is 22.8 Å². The number of likely N-dealkylation sites (N-methyl/N-ethyl adjacent to an activating group) is 1. The zero-order valence-electron chi connectivity index (χ0n) is 15.9. The molecule has 29 heavy (non-hydrogen) atoms. The summed E-state index contributed by atoms with van der Waals surface area (Å²) in [5.74, 6) is -0.463. The average molecular weight is 459 g/mol. The van der Waals surface area contributed by atoms with E-state index in [1.165, 1.54) is 29.3 Å². The van der Waals surface area contributed by atoms with Crippen molar-refractivity contribution in [3.8, 4) is 0 Å². The third-order valence-corrected chi connectivity index (χ3v) is 5.66. The molecule has 1 atom stereocenters. The Morgan fingerprint density at radius 2 is 1.72 bits per heavy atom. The number of ketones is 1. The second-order valence-electron chi connectivity index (χ2n) is 6.60. The molecule has 2 aromatic carbocycles. The number of rotatable bonds is 3. The van der Waals surface area contributed by atoms with Crippen LogP contribution < -0.4 is 0 Å². The van der Waals surface area contributed by atoms with Gasteiger partial charge in [0.05, 0.1) is 22.2 Å². The molecule has 1 heterocycles. The maximum Gasteiger partial charge on any atom is 0.294 e. The summed E-state index contributed by atoms with van der Waals surface area (Å²) in [5, 5.41) is 16.7. The van der Waals surface area contributed by atoms with Crippen molar-refractivity contribution in [2.75, 3.05) is 13.6 Å². The maximum absolute atomic E-state index is 12.4. The lowest BCUT2D eigenvalue weighted by atomic mass is 9.89. The van der Waals surface area contributed by atoms with E-state index in [-0.39, 0.29) is 22.0 Å². The third-order valence-electron chi connectivity index (χ3n) is 4.25. The molecule has 0 aliphatic carbocycles. The zero-order chi connectivity index (χ0) is 22.0. The molecule has 1 aliphatic heterocycles. The predicted octanol–water partition coefficient (Wildman–Crippen LogP) is 3.47. The van der Waals surface area contributed by atoms with Gasteiger partial charge in [-0.2, -0.15) is 13.5 Å². The van der Waals surface area contributed by atoms with E-state index in [1.807, 2.05) is 6.92 Å². The van der Waals surface area contributed by atoms with E-state index in [2.05, 4.69) is 5.10 Å². The molecule has 0 radical (unpaired) electrons. The van der Waals surface area contributed by atoms with Crippen LogP contribution in [0.4, 0.5) is 0 Å². The van der Waals surface area contributed by atoms with E-state index >= 15 is 0 Å². The minimum Gasteiger partial charge on any atom is -0.374 e. The van der Waals surface area contributed by atoms with Crippen LogP contribution >= 0.6 is 23.2 Å². The number of nitrogens with zero attached hydrogens (tertiary/aromatic N) is 2. The monoisotopic (exact) mass is 458 g/mol. The molecular weight excluding hydrogens is 439 g/mol. The number of carbonyl (C=O) groups excluding carboxylic acids is 1. The van der Waals surface area contributed by atoms with Gasteiger partial charge < -0.3 is 5.11 Å². The van der Waals surface area contributed by atoms with Crippen molar-refractivity contribution in [3.63, 3.8) is 0 Å². The van der Waals surface area contributed by atoms with Crippen LogP contribution in [0.2, 0.25) is 10.0 Å². The highest BCUT2D eigenvalue weighted by molar-refractivity contribution is 7.85. The second-order valence-corrected chi connectivity index (χ2v) is 8.87. The fourth-order valence-electron chi connectivity index (χ4n) is 2.66. The Balaban J connectivity index is 0.000000234. The van der Waals surface area contributed by atoms with Crippen LogP contribution in [0.15, 0.2) is 52.5 Å². The van der Waals surface area contributed by atoms with Gasteiger partial charge in [0.2, 0.25) is 5.78 Å². The first-order valence-electron chi connectivity index (χ1n) is 8.38. The number of aryl methyl sites for hydroxylation is 1. The summed E-state index contributed by atoms with van der Waals surface area (Å²) in [6.45, 7) is 3.58. The fraction of sp³-hybridized carbons (Fsp3) is 0.263. The number of hydrogen-bond acceptors (Lipinski definition) is 6. The van der Waals surface area contributed by atoms with Crippen LogP contribution in [0.5, 0.6) is 0 Å². The summed E-state index contributed by atoms with van der Waals surface area (Å²) in [7, 11) is -2.33. The van der Waals surface area contributed by atoms with Crippen molar-refractivity contribution < 1.29 is 22.9 Å². The van der Waals surface area contributed by atoms with Gasteiger partial charge in [-0.3, -0.25) is 14.4 Å². The van der Waals surface area contributed by atoms with Gasteiger partial charge in [-0.05, 0) is 44.2 Å². The Morgan fingerprint density at radius 1 is 1.14 bits per heavy atom. The molecule has 10 heteroatoms. The molecule has 1 unspecified atom stereocenters. The van der Waals surface area contributed by atoms with Gasteiger partial charge in [-0.25, -0.2) is 0 Å². The highest BCUT2D eigenvalue weighted by Gasteiger charge is 2.45. The van der Waals surface area contributed by atoms with E-state index in [4.69, 9.17) is 27.8 Å². The van der Waals surface area contributed by atoms with Crippen molar-refractivity contribution in [3.05, 3.63) is 63.6 Å². The van der Waals surface area contributed by atoms with Gasteiger partial charge in [-0.15, -0.1) is 0 Å². The molecule has 1 aliphatic rings. The molecule has 2 N–H and O–H groups in total. The largest absolute Gasteiger partial charge is 0.374 e. The SMILES string of the molecule is CC1=NN(C)CC1(O)C(=O)c1ccc(Cl)cc1Cl.Cc1ccc(S(=O)(=O)O)cc1. The summed E-state index contributed by atoms with van der Waals surface area (Å²) in [4.78, 5) is 12.3. The van der Waals surface area contributed by atoms with E-state index in [0.717, 1.165) is 5.56 Å².